The second-order valence-corrected chi connectivity index (χ2v) is 8.49. The van der Waals surface area contributed by atoms with Crippen LogP contribution >= 0.6 is 0 Å². The maximum atomic E-state index is 12.7. The maximum Gasteiger partial charge on any atom is 0.320 e. The molecule has 7 heteroatoms. The van der Waals surface area contributed by atoms with E-state index in [0.717, 1.165) is 26.2 Å². The molecule has 0 saturated carbocycles. The van der Waals surface area contributed by atoms with E-state index in [1.54, 1.807) is 26.0 Å². The number of benzene rings is 2. The number of urea groups is 1. The Balaban J connectivity index is 1.42. The molecular formula is C24H33N5O2. The summed E-state index contributed by atoms with van der Waals surface area (Å²) < 4.78 is 0. The number of rotatable bonds is 7. The van der Waals surface area contributed by atoms with E-state index in [4.69, 9.17) is 0 Å². The van der Waals surface area contributed by atoms with Crippen molar-refractivity contribution in [1.29, 1.82) is 0 Å². The van der Waals surface area contributed by atoms with Crippen molar-refractivity contribution < 1.29 is 9.59 Å². The molecule has 1 aliphatic heterocycles. The second-order valence-electron chi connectivity index (χ2n) is 8.49. The van der Waals surface area contributed by atoms with E-state index in [1.165, 1.54) is 5.69 Å². The molecule has 0 bridgehead atoms. The summed E-state index contributed by atoms with van der Waals surface area (Å²) in [7, 11) is 0. The molecule has 0 unspecified atom stereocenters. The number of hydrogen-bond donors (Lipinski definition) is 3. The number of anilines is 2. The SMILES string of the molecule is C[C@@H](CNC(=O)C(C)(C)NC(=O)Nc1ccccc1)N1CCN(c2ccccc2)CC1. The number of piperazine rings is 1. The molecule has 31 heavy (non-hydrogen) atoms. The van der Waals surface area contributed by atoms with E-state index in [0.29, 0.717) is 12.2 Å². The molecule has 7 nitrogen and oxygen atoms in total. The Morgan fingerprint density at radius 1 is 0.935 bits per heavy atom. The summed E-state index contributed by atoms with van der Waals surface area (Å²) in [5, 5.41) is 8.49. The highest BCUT2D eigenvalue weighted by molar-refractivity contribution is 5.95. The molecule has 3 rings (SSSR count). The van der Waals surface area contributed by atoms with E-state index in [9.17, 15) is 9.59 Å². The van der Waals surface area contributed by atoms with Crippen molar-refractivity contribution >= 4 is 23.3 Å². The van der Waals surface area contributed by atoms with E-state index in [1.807, 2.05) is 24.3 Å². The van der Waals surface area contributed by atoms with Gasteiger partial charge in [-0.1, -0.05) is 36.4 Å². The number of para-hydroxylation sites is 2. The topological polar surface area (TPSA) is 76.7 Å². The summed E-state index contributed by atoms with van der Waals surface area (Å²) in [6.45, 7) is 9.91. The van der Waals surface area contributed by atoms with Crippen molar-refractivity contribution in [1.82, 2.24) is 15.5 Å². The molecule has 2 aromatic carbocycles. The normalized spacial score (nSPS) is 15.8. The third kappa shape index (κ3) is 6.46. The summed E-state index contributed by atoms with van der Waals surface area (Å²) >= 11 is 0. The lowest BCUT2D eigenvalue weighted by Crippen LogP contribution is -2.58. The first kappa shape index (κ1) is 22.6. The number of carbonyl (C=O) groups is 2. The van der Waals surface area contributed by atoms with Gasteiger partial charge in [0.15, 0.2) is 0 Å². The van der Waals surface area contributed by atoms with Crippen molar-refractivity contribution in [2.45, 2.75) is 32.4 Å². The second kappa shape index (κ2) is 10.3. The summed E-state index contributed by atoms with van der Waals surface area (Å²) in [6.07, 6.45) is 0. The molecule has 2 aromatic rings. The van der Waals surface area contributed by atoms with E-state index in [2.05, 4.69) is 56.9 Å². The molecule has 1 aliphatic rings. The Bertz CT molecular complexity index is 849. The minimum absolute atomic E-state index is 0.203. The van der Waals surface area contributed by atoms with Gasteiger partial charge in [-0.25, -0.2) is 4.79 Å². The van der Waals surface area contributed by atoms with Gasteiger partial charge in [-0.2, -0.15) is 0 Å². The molecule has 0 aromatic heterocycles. The number of hydrogen-bond acceptors (Lipinski definition) is 4. The molecule has 0 radical (unpaired) electrons. The summed E-state index contributed by atoms with van der Waals surface area (Å²) in [5.74, 6) is -0.203. The van der Waals surface area contributed by atoms with Gasteiger partial charge in [-0.15, -0.1) is 0 Å². The smallest absolute Gasteiger partial charge is 0.320 e. The molecule has 166 valence electrons. The van der Waals surface area contributed by atoms with Gasteiger partial charge < -0.3 is 20.9 Å². The fraction of sp³-hybridized carbons (Fsp3) is 0.417. The van der Waals surface area contributed by atoms with Crippen molar-refractivity contribution in [2.75, 3.05) is 42.9 Å². The number of carbonyl (C=O) groups excluding carboxylic acids is 2. The highest BCUT2D eigenvalue weighted by atomic mass is 16.2. The van der Waals surface area contributed by atoms with Gasteiger partial charge >= 0.3 is 6.03 Å². The molecule has 1 fully saturated rings. The molecule has 1 saturated heterocycles. The van der Waals surface area contributed by atoms with Gasteiger partial charge in [0.05, 0.1) is 0 Å². The number of nitrogens with one attached hydrogen (secondary N) is 3. The van der Waals surface area contributed by atoms with E-state index < -0.39 is 11.6 Å². The largest absolute Gasteiger partial charge is 0.369 e. The minimum Gasteiger partial charge on any atom is -0.369 e. The zero-order valence-corrected chi connectivity index (χ0v) is 18.6. The standard InChI is InChI=1S/C24H33N5O2/c1-19(28-14-16-29(17-15-28)21-12-8-5-9-13-21)18-25-22(30)24(2,3)27-23(31)26-20-10-6-4-7-11-20/h4-13,19H,14-18H2,1-3H3,(H,25,30)(H2,26,27,31)/t19-/m0/s1. The quantitative estimate of drug-likeness (QED) is 0.640. The van der Waals surface area contributed by atoms with Crippen LogP contribution in [0.3, 0.4) is 0 Å². The van der Waals surface area contributed by atoms with Crippen molar-refractivity contribution in [2.24, 2.45) is 0 Å². The average molecular weight is 424 g/mol. The van der Waals surface area contributed by atoms with Gasteiger partial charge in [0.1, 0.15) is 5.54 Å². The Morgan fingerprint density at radius 2 is 1.52 bits per heavy atom. The first-order valence-corrected chi connectivity index (χ1v) is 10.8. The zero-order chi connectivity index (χ0) is 22.3. The van der Waals surface area contributed by atoms with Crippen LogP contribution in [0, 0.1) is 0 Å². The zero-order valence-electron chi connectivity index (χ0n) is 18.6. The summed E-state index contributed by atoms with van der Waals surface area (Å²) in [6, 6.07) is 19.4. The van der Waals surface area contributed by atoms with E-state index in [-0.39, 0.29) is 11.9 Å². The first-order chi connectivity index (χ1) is 14.8. The highest BCUT2D eigenvalue weighted by Crippen LogP contribution is 2.16. The van der Waals surface area contributed by atoms with Crippen LogP contribution < -0.4 is 20.9 Å². The Labute approximate surface area is 184 Å². The van der Waals surface area contributed by atoms with Gasteiger partial charge in [-0.05, 0) is 45.0 Å². The van der Waals surface area contributed by atoms with Gasteiger partial charge in [0.2, 0.25) is 5.91 Å². The van der Waals surface area contributed by atoms with Crippen LogP contribution in [0.25, 0.3) is 0 Å². The van der Waals surface area contributed by atoms with Crippen LogP contribution in [0.5, 0.6) is 0 Å². The van der Waals surface area contributed by atoms with Crippen LogP contribution in [0.15, 0.2) is 60.7 Å². The van der Waals surface area contributed by atoms with Crippen molar-refractivity contribution in [3.8, 4) is 0 Å². The first-order valence-electron chi connectivity index (χ1n) is 10.8. The molecule has 1 atom stereocenters. The van der Waals surface area contributed by atoms with Crippen molar-refractivity contribution in [3.05, 3.63) is 60.7 Å². The molecule has 0 spiro atoms. The maximum absolute atomic E-state index is 12.7. The van der Waals surface area contributed by atoms with Gasteiger partial charge in [0.25, 0.3) is 0 Å². The fourth-order valence-corrected chi connectivity index (χ4v) is 3.67. The van der Waals surface area contributed by atoms with Crippen LogP contribution in [-0.2, 0) is 4.79 Å². The monoisotopic (exact) mass is 423 g/mol. The molecule has 1 heterocycles. The van der Waals surface area contributed by atoms with Gasteiger partial charge in [-0.3, -0.25) is 9.69 Å². The molecule has 0 aliphatic carbocycles. The van der Waals surface area contributed by atoms with Gasteiger partial charge in [0, 0.05) is 50.1 Å². The third-order valence-corrected chi connectivity index (χ3v) is 5.64. The number of amides is 3. The highest BCUT2D eigenvalue weighted by Gasteiger charge is 2.30. The van der Waals surface area contributed by atoms with Crippen LogP contribution in [0.1, 0.15) is 20.8 Å². The molecule has 3 N–H and O–H groups in total. The lowest BCUT2D eigenvalue weighted by atomic mass is 10.0. The summed E-state index contributed by atoms with van der Waals surface area (Å²) in [4.78, 5) is 29.7. The van der Waals surface area contributed by atoms with Crippen LogP contribution in [0.4, 0.5) is 16.2 Å². The molecular weight excluding hydrogens is 390 g/mol. The minimum atomic E-state index is -1.02. The third-order valence-electron chi connectivity index (χ3n) is 5.64. The lowest BCUT2D eigenvalue weighted by Gasteiger charge is -2.39. The summed E-state index contributed by atoms with van der Waals surface area (Å²) in [5.41, 5.74) is 0.911. The van der Waals surface area contributed by atoms with Crippen LogP contribution in [-0.4, -0.2) is 61.1 Å². The Hall–Kier alpha value is -3.06. The van der Waals surface area contributed by atoms with Crippen LogP contribution in [0.2, 0.25) is 0 Å². The average Bonchev–Trinajstić information content (AvgIpc) is 2.78. The number of nitrogens with zero attached hydrogens (tertiary/aromatic N) is 2. The van der Waals surface area contributed by atoms with E-state index >= 15 is 0 Å². The molecule has 3 amide bonds. The predicted octanol–water partition coefficient (Wildman–Crippen LogP) is 2.91. The Kier molecular flexibility index (Phi) is 7.52. The predicted molar refractivity (Wildman–Crippen MR) is 125 cm³/mol. The lowest BCUT2D eigenvalue weighted by molar-refractivity contribution is -0.126. The Morgan fingerprint density at radius 3 is 2.13 bits per heavy atom. The van der Waals surface area contributed by atoms with Crippen molar-refractivity contribution in [3.63, 3.8) is 0 Å². The fourth-order valence-electron chi connectivity index (χ4n) is 3.67.